The van der Waals surface area contributed by atoms with E-state index < -0.39 is 11.7 Å². The molecule has 0 aliphatic rings. The summed E-state index contributed by atoms with van der Waals surface area (Å²) in [5.74, 6) is -0.355. The van der Waals surface area contributed by atoms with Crippen LogP contribution in [0.3, 0.4) is 0 Å². The van der Waals surface area contributed by atoms with E-state index >= 15 is 0 Å². The van der Waals surface area contributed by atoms with Gasteiger partial charge in [-0.05, 0) is 31.2 Å². The first-order valence-corrected chi connectivity index (χ1v) is 4.78. The Hall–Kier alpha value is -1.29. The van der Waals surface area contributed by atoms with Crippen LogP contribution in [0.1, 0.15) is 6.92 Å². The Balaban J connectivity index is 2.71. The van der Waals surface area contributed by atoms with Crippen molar-refractivity contribution < 1.29 is 13.9 Å². The highest BCUT2D eigenvalue weighted by molar-refractivity contribution is 6.20. The van der Waals surface area contributed by atoms with Gasteiger partial charge in [0.25, 0.3) is 0 Å². The third kappa shape index (κ3) is 3.40. The maximum atomic E-state index is 12.6. The minimum Gasteiger partial charge on any atom is -0.430 e. The van der Waals surface area contributed by atoms with Crippen LogP contribution in [0, 0.1) is 5.82 Å². The van der Waals surface area contributed by atoms with Gasteiger partial charge in [-0.25, -0.2) is 9.18 Å². The lowest BCUT2D eigenvalue weighted by atomic mass is 10.3. The fourth-order valence-corrected chi connectivity index (χ4v) is 1.06. The molecule has 1 aromatic rings. The third-order valence-corrected chi connectivity index (χ3v) is 1.84. The van der Waals surface area contributed by atoms with E-state index in [-0.39, 0.29) is 5.82 Å². The standard InChI is InChI=1S/C10H11ClFNO2/c1-7(11)15-10(14)13(2)9-5-3-8(12)4-6-9/h3-7H,1-2H3. The van der Waals surface area contributed by atoms with Gasteiger partial charge in [0.2, 0.25) is 0 Å². The van der Waals surface area contributed by atoms with Gasteiger partial charge in [0.15, 0.2) is 5.56 Å². The van der Waals surface area contributed by atoms with Crippen molar-refractivity contribution in [1.29, 1.82) is 0 Å². The van der Waals surface area contributed by atoms with E-state index in [9.17, 15) is 9.18 Å². The number of alkyl halides is 1. The van der Waals surface area contributed by atoms with Gasteiger partial charge in [-0.2, -0.15) is 0 Å². The molecule has 0 saturated carbocycles. The lowest BCUT2D eigenvalue weighted by Crippen LogP contribution is -2.28. The third-order valence-electron chi connectivity index (χ3n) is 1.75. The molecule has 0 bridgehead atoms. The molecule has 82 valence electrons. The highest BCUT2D eigenvalue weighted by Crippen LogP contribution is 2.14. The smallest absolute Gasteiger partial charge is 0.415 e. The Morgan fingerprint density at radius 3 is 2.47 bits per heavy atom. The maximum Gasteiger partial charge on any atom is 0.415 e. The van der Waals surface area contributed by atoms with Crippen molar-refractivity contribution in [2.45, 2.75) is 12.5 Å². The molecule has 1 amide bonds. The van der Waals surface area contributed by atoms with E-state index in [1.54, 1.807) is 0 Å². The van der Waals surface area contributed by atoms with Gasteiger partial charge in [-0.15, -0.1) is 0 Å². The molecule has 3 nitrogen and oxygen atoms in total. The van der Waals surface area contributed by atoms with Crippen molar-refractivity contribution in [2.75, 3.05) is 11.9 Å². The van der Waals surface area contributed by atoms with Crippen LogP contribution in [0.15, 0.2) is 24.3 Å². The van der Waals surface area contributed by atoms with Crippen LogP contribution in [0.5, 0.6) is 0 Å². The zero-order valence-electron chi connectivity index (χ0n) is 8.41. The minimum absolute atomic E-state index is 0.355. The summed E-state index contributed by atoms with van der Waals surface area (Å²) in [5, 5.41) is 0. The fraction of sp³-hybridized carbons (Fsp3) is 0.300. The Kier molecular flexibility index (Phi) is 3.91. The Morgan fingerprint density at radius 2 is 2.00 bits per heavy atom. The molecule has 0 saturated heterocycles. The highest BCUT2D eigenvalue weighted by atomic mass is 35.5. The first-order valence-electron chi connectivity index (χ1n) is 4.34. The van der Waals surface area contributed by atoms with Crippen molar-refractivity contribution in [3.63, 3.8) is 0 Å². The van der Waals surface area contributed by atoms with E-state index in [1.165, 1.54) is 43.1 Å². The van der Waals surface area contributed by atoms with Crippen LogP contribution in [-0.4, -0.2) is 18.7 Å². The number of nitrogens with zero attached hydrogens (tertiary/aromatic N) is 1. The van der Waals surface area contributed by atoms with Gasteiger partial charge in [0.05, 0.1) is 0 Å². The predicted molar refractivity (Wildman–Crippen MR) is 56.6 cm³/mol. The topological polar surface area (TPSA) is 29.5 Å². The molecule has 15 heavy (non-hydrogen) atoms. The Bertz CT molecular complexity index is 340. The van der Waals surface area contributed by atoms with Gasteiger partial charge in [-0.1, -0.05) is 11.6 Å². The first kappa shape index (κ1) is 11.8. The number of carbonyl (C=O) groups is 1. The van der Waals surface area contributed by atoms with Crippen LogP contribution < -0.4 is 4.90 Å². The second kappa shape index (κ2) is 4.98. The molecule has 0 heterocycles. The summed E-state index contributed by atoms with van der Waals surface area (Å²) in [7, 11) is 1.52. The summed E-state index contributed by atoms with van der Waals surface area (Å²) in [6.07, 6.45) is -0.580. The quantitative estimate of drug-likeness (QED) is 0.733. The number of amides is 1. The number of anilines is 1. The van der Waals surface area contributed by atoms with Gasteiger partial charge >= 0.3 is 6.09 Å². The van der Waals surface area contributed by atoms with Crippen molar-refractivity contribution in [1.82, 2.24) is 0 Å². The lowest BCUT2D eigenvalue weighted by Gasteiger charge is -2.17. The molecule has 0 N–H and O–H groups in total. The molecule has 0 fully saturated rings. The zero-order valence-corrected chi connectivity index (χ0v) is 9.16. The number of halogens is 2. The maximum absolute atomic E-state index is 12.6. The molecule has 0 aromatic heterocycles. The van der Waals surface area contributed by atoms with Crippen molar-refractivity contribution in [3.8, 4) is 0 Å². The second-order valence-electron chi connectivity index (χ2n) is 2.96. The molecule has 5 heteroatoms. The average Bonchev–Trinajstić information content (AvgIpc) is 2.17. The van der Waals surface area contributed by atoms with E-state index in [4.69, 9.17) is 16.3 Å². The van der Waals surface area contributed by atoms with Crippen LogP contribution in [0.4, 0.5) is 14.9 Å². The van der Waals surface area contributed by atoms with E-state index in [0.29, 0.717) is 5.69 Å². The van der Waals surface area contributed by atoms with Gasteiger partial charge in [0.1, 0.15) is 5.82 Å². The van der Waals surface area contributed by atoms with Crippen LogP contribution in [0.2, 0.25) is 0 Å². The largest absolute Gasteiger partial charge is 0.430 e. The molecule has 0 spiro atoms. The number of hydrogen-bond acceptors (Lipinski definition) is 2. The van der Waals surface area contributed by atoms with E-state index in [0.717, 1.165) is 0 Å². The molecule has 1 aromatic carbocycles. The van der Waals surface area contributed by atoms with Crippen molar-refractivity contribution in [2.24, 2.45) is 0 Å². The molecule has 0 aliphatic heterocycles. The molecular formula is C10H11ClFNO2. The number of ether oxygens (including phenoxy) is 1. The van der Waals surface area contributed by atoms with E-state index in [1.807, 2.05) is 0 Å². The molecule has 1 rings (SSSR count). The summed E-state index contributed by atoms with van der Waals surface area (Å²) in [4.78, 5) is 12.6. The number of hydrogen-bond donors (Lipinski definition) is 0. The summed E-state index contributed by atoms with van der Waals surface area (Å²) in [5.41, 5.74) is -0.154. The molecule has 0 radical (unpaired) electrons. The Morgan fingerprint density at radius 1 is 1.47 bits per heavy atom. The van der Waals surface area contributed by atoms with E-state index in [2.05, 4.69) is 0 Å². The van der Waals surface area contributed by atoms with Crippen LogP contribution in [-0.2, 0) is 4.74 Å². The Labute approximate surface area is 92.4 Å². The molecular weight excluding hydrogens is 221 g/mol. The monoisotopic (exact) mass is 231 g/mol. The predicted octanol–water partition coefficient (Wildman–Crippen LogP) is 2.98. The number of benzene rings is 1. The van der Waals surface area contributed by atoms with Gasteiger partial charge < -0.3 is 4.74 Å². The molecule has 1 atom stereocenters. The SMILES string of the molecule is CC(Cl)OC(=O)N(C)c1ccc(F)cc1. The summed E-state index contributed by atoms with van der Waals surface area (Å²) in [6.45, 7) is 1.54. The normalized spacial score (nSPS) is 12.0. The van der Waals surface area contributed by atoms with Crippen molar-refractivity contribution >= 4 is 23.4 Å². The fourth-order valence-electron chi connectivity index (χ4n) is 0.988. The second-order valence-corrected chi connectivity index (χ2v) is 3.58. The first-order chi connectivity index (χ1) is 7.00. The summed E-state index contributed by atoms with van der Waals surface area (Å²) in [6, 6.07) is 5.50. The van der Waals surface area contributed by atoms with Gasteiger partial charge in [0, 0.05) is 12.7 Å². The minimum atomic E-state index is -0.694. The average molecular weight is 232 g/mol. The lowest BCUT2D eigenvalue weighted by molar-refractivity contribution is 0.147. The zero-order chi connectivity index (χ0) is 11.4. The van der Waals surface area contributed by atoms with Crippen LogP contribution in [0.25, 0.3) is 0 Å². The highest BCUT2D eigenvalue weighted by Gasteiger charge is 2.14. The summed E-state index contributed by atoms with van der Waals surface area (Å²) >= 11 is 5.50. The number of carbonyl (C=O) groups excluding carboxylic acids is 1. The van der Waals surface area contributed by atoms with Crippen LogP contribution >= 0.6 is 11.6 Å². The molecule has 1 unspecified atom stereocenters. The molecule has 0 aliphatic carbocycles. The number of rotatable bonds is 2. The van der Waals surface area contributed by atoms with Crippen molar-refractivity contribution in [3.05, 3.63) is 30.1 Å². The van der Waals surface area contributed by atoms with Gasteiger partial charge in [-0.3, -0.25) is 4.90 Å². The summed E-state index contributed by atoms with van der Waals surface area (Å²) < 4.78 is 17.4.